The molecule has 5 heteroatoms. The van der Waals surface area contributed by atoms with E-state index in [1.54, 1.807) is 6.20 Å². The largest absolute Gasteiger partial charge is 0.282 e. The zero-order chi connectivity index (χ0) is 13.2. The van der Waals surface area contributed by atoms with Crippen LogP contribution in [0.15, 0.2) is 42.7 Å². The fourth-order valence-corrected chi connectivity index (χ4v) is 2.34. The van der Waals surface area contributed by atoms with Crippen molar-refractivity contribution < 1.29 is 8.42 Å². The molecule has 1 heterocycles. The van der Waals surface area contributed by atoms with Crippen LogP contribution in [0.1, 0.15) is 5.56 Å². The van der Waals surface area contributed by atoms with Gasteiger partial charge in [0, 0.05) is 11.8 Å². The molecular weight excluding hydrogens is 248 g/mol. The van der Waals surface area contributed by atoms with Crippen LogP contribution in [-0.2, 0) is 10.0 Å². The summed E-state index contributed by atoms with van der Waals surface area (Å²) in [5.74, 6) is 0. The van der Waals surface area contributed by atoms with Gasteiger partial charge in [0.05, 0.1) is 18.1 Å². The van der Waals surface area contributed by atoms with Crippen LogP contribution in [-0.4, -0.2) is 19.7 Å². The Balaban J connectivity index is 2.49. The molecule has 1 aromatic heterocycles. The zero-order valence-electron chi connectivity index (χ0n) is 10.2. The predicted molar refractivity (Wildman–Crippen MR) is 72.9 cm³/mol. The molecule has 1 N–H and O–H groups in total. The zero-order valence-corrected chi connectivity index (χ0v) is 11.0. The van der Waals surface area contributed by atoms with Gasteiger partial charge in [0.1, 0.15) is 0 Å². The molecule has 0 spiro atoms. The molecule has 0 amide bonds. The van der Waals surface area contributed by atoms with Crippen LogP contribution in [0.5, 0.6) is 0 Å². The molecule has 0 aliphatic carbocycles. The van der Waals surface area contributed by atoms with E-state index in [1.807, 2.05) is 37.3 Å². The SMILES string of the molecule is Cc1c(NS(C)(=O)=O)cncc1-c1ccccc1. The lowest BCUT2D eigenvalue weighted by Crippen LogP contribution is -2.11. The van der Waals surface area contributed by atoms with Crippen molar-refractivity contribution in [1.29, 1.82) is 0 Å². The van der Waals surface area contributed by atoms with Crippen LogP contribution < -0.4 is 4.72 Å². The lowest BCUT2D eigenvalue weighted by Gasteiger charge is -2.11. The van der Waals surface area contributed by atoms with Gasteiger partial charge in [-0.1, -0.05) is 30.3 Å². The maximum absolute atomic E-state index is 11.3. The predicted octanol–water partition coefficient (Wildman–Crippen LogP) is 2.43. The van der Waals surface area contributed by atoms with Gasteiger partial charge >= 0.3 is 0 Å². The Morgan fingerprint density at radius 3 is 2.39 bits per heavy atom. The Kier molecular flexibility index (Phi) is 3.34. The number of hydrogen-bond donors (Lipinski definition) is 1. The topological polar surface area (TPSA) is 59.1 Å². The third kappa shape index (κ3) is 2.87. The van der Waals surface area contributed by atoms with Crippen molar-refractivity contribution in [1.82, 2.24) is 4.98 Å². The molecule has 0 radical (unpaired) electrons. The van der Waals surface area contributed by atoms with E-state index in [0.29, 0.717) is 5.69 Å². The quantitative estimate of drug-likeness (QED) is 0.924. The van der Waals surface area contributed by atoms with Crippen LogP contribution in [0.4, 0.5) is 5.69 Å². The summed E-state index contributed by atoms with van der Waals surface area (Å²) in [6.45, 7) is 1.87. The number of pyridine rings is 1. The minimum absolute atomic E-state index is 0.513. The molecule has 94 valence electrons. The summed E-state index contributed by atoms with van der Waals surface area (Å²) in [4.78, 5) is 4.08. The molecule has 0 saturated heterocycles. The standard InChI is InChI=1S/C13H14N2O2S/c1-10-12(11-6-4-3-5-7-11)8-14-9-13(10)15-18(2,16)17/h3-9,15H,1-2H3. The molecule has 0 aliphatic rings. The van der Waals surface area contributed by atoms with E-state index >= 15 is 0 Å². The van der Waals surface area contributed by atoms with E-state index in [1.165, 1.54) is 6.20 Å². The minimum Gasteiger partial charge on any atom is -0.282 e. The molecule has 1 aromatic carbocycles. The van der Waals surface area contributed by atoms with Crippen molar-refractivity contribution >= 4 is 15.7 Å². The summed E-state index contributed by atoms with van der Waals surface area (Å²) in [7, 11) is -3.29. The average molecular weight is 262 g/mol. The number of nitrogens with one attached hydrogen (secondary N) is 1. The highest BCUT2D eigenvalue weighted by Crippen LogP contribution is 2.27. The first kappa shape index (κ1) is 12.6. The fourth-order valence-electron chi connectivity index (χ4n) is 1.74. The van der Waals surface area contributed by atoms with Crippen LogP contribution in [0.2, 0.25) is 0 Å². The summed E-state index contributed by atoms with van der Waals surface area (Å²) in [6.07, 6.45) is 4.38. The highest BCUT2D eigenvalue weighted by Gasteiger charge is 2.09. The number of nitrogens with zero attached hydrogens (tertiary/aromatic N) is 1. The third-order valence-electron chi connectivity index (χ3n) is 2.60. The second-order valence-corrected chi connectivity index (χ2v) is 5.85. The van der Waals surface area contributed by atoms with E-state index in [0.717, 1.165) is 22.9 Å². The highest BCUT2D eigenvalue weighted by molar-refractivity contribution is 7.92. The lowest BCUT2D eigenvalue weighted by atomic mass is 10.0. The summed E-state index contributed by atoms with van der Waals surface area (Å²) in [5.41, 5.74) is 3.31. The van der Waals surface area contributed by atoms with Gasteiger partial charge in [0.25, 0.3) is 0 Å². The lowest BCUT2D eigenvalue weighted by molar-refractivity contribution is 0.606. The Morgan fingerprint density at radius 1 is 1.11 bits per heavy atom. The summed E-state index contributed by atoms with van der Waals surface area (Å²) in [5, 5.41) is 0. The first-order chi connectivity index (χ1) is 8.47. The van der Waals surface area contributed by atoms with E-state index in [4.69, 9.17) is 0 Å². The molecule has 2 aromatic rings. The first-order valence-electron chi connectivity index (χ1n) is 5.45. The number of benzene rings is 1. The molecule has 0 aliphatic heterocycles. The van der Waals surface area contributed by atoms with Gasteiger partial charge in [-0.15, -0.1) is 0 Å². The molecule has 4 nitrogen and oxygen atoms in total. The third-order valence-corrected chi connectivity index (χ3v) is 3.19. The molecule has 0 saturated carbocycles. The van der Waals surface area contributed by atoms with E-state index in [-0.39, 0.29) is 0 Å². The van der Waals surface area contributed by atoms with Crippen LogP contribution >= 0.6 is 0 Å². The molecule has 0 unspecified atom stereocenters. The van der Waals surface area contributed by atoms with Crippen molar-refractivity contribution in [3.05, 3.63) is 48.3 Å². The average Bonchev–Trinajstić information content (AvgIpc) is 2.31. The van der Waals surface area contributed by atoms with Crippen LogP contribution in [0, 0.1) is 6.92 Å². The van der Waals surface area contributed by atoms with Crippen molar-refractivity contribution in [3.8, 4) is 11.1 Å². The van der Waals surface area contributed by atoms with E-state index in [2.05, 4.69) is 9.71 Å². The number of anilines is 1. The minimum atomic E-state index is -3.29. The normalized spacial score (nSPS) is 11.2. The number of hydrogen-bond acceptors (Lipinski definition) is 3. The van der Waals surface area contributed by atoms with Crippen molar-refractivity contribution in [2.24, 2.45) is 0 Å². The Bertz CT molecular complexity index is 652. The number of rotatable bonds is 3. The summed E-state index contributed by atoms with van der Waals surface area (Å²) in [6, 6.07) is 9.74. The highest BCUT2D eigenvalue weighted by atomic mass is 32.2. The fraction of sp³-hybridized carbons (Fsp3) is 0.154. The van der Waals surface area contributed by atoms with Crippen molar-refractivity contribution in [2.45, 2.75) is 6.92 Å². The molecule has 0 fully saturated rings. The number of sulfonamides is 1. The van der Waals surface area contributed by atoms with Crippen LogP contribution in [0.3, 0.4) is 0 Å². The second kappa shape index (κ2) is 4.78. The molecule has 0 atom stereocenters. The summed E-state index contributed by atoms with van der Waals surface area (Å²) < 4.78 is 25.0. The first-order valence-corrected chi connectivity index (χ1v) is 7.34. The van der Waals surface area contributed by atoms with E-state index < -0.39 is 10.0 Å². The van der Waals surface area contributed by atoms with Gasteiger partial charge in [-0.2, -0.15) is 0 Å². The van der Waals surface area contributed by atoms with Gasteiger partial charge < -0.3 is 0 Å². The number of aromatic nitrogens is 1. The van der Waals surface area contributed by atoms with Gasteiger partial charge in [0.2, 0.25) is 10.0 Å². The Labute approximate surface area is 107 Å². The van der Waals surface area contributed by atoms with Gasteiger partial charge in [0.15, 0.2) is 0 Å². The maximum Gasteiger partial charge on any atom is 0.229 e. The molecule has 2 rings (SSSR count). The smallest absolute Gasteiger partial charge is 0.229 e. The van der Waals surface area contributed by atoms with E-state index in [9.17, 15) is 8.42 Å². The second-order valence-electron chi connectivity index (χ2n) is 4.10. The van der Waals surface area contributed by atoms with Gasteiger partial charge in [-0.05, 0) is 18.1 Å². The maximum atomic E-state index is 11.3. The monoisotopic (exact) mass is 262 g/mol. The Hall–Kier alpha value is -1.88. The van der Waals surface area contributed by atoms with Crippen LogP contribution in [0.25, 0.3) is 11.1 Å². The molecule has 0 bridgehead atoms. The molecule has 18 heavy (non-hydrogen) atoms. The summed E-state index contributed by atoms with van der Waals surface area (Å²) >= 11 is 0. The van der Waals surface area contributed by atoms with Gasteiger partial charge in [-0.3, -0.25) is 9.71 Å². The molecular formula is C13H14N2O2S. The van der Waals surface area contributed by atoms with Crippen molar-refractivity contribution in [2.75, 3.05) is 11.0 Å². The van der Waals surface area contributed by atoms with Gasteiger partial charge in [-0.25, -0.2) is 8.42 Å². The van der Waals surface area contributed by atoms with Crippen molar-refractivity contribution in [3.63, 3.8) is 0 Å². The Morgan fingerprint density at radius 2 is 1.78 bits per heavy atom.